The molecule has 4 rings (SSSR count). The van der Waals surface area contributed by atoms with Gasteiger partial charge in [-0.2, -0.15) is 13.2 Å². The van der Waals surface area contributed by atoms with Gasteiger partial charge in [-0.25, -0.2) is 9.29 Å². The molecule has 150 valence electrons. The van der Waals surface area contributed by atoms with Crippen molar-refractivity contribution in [2.75, 3.05) is 39.4 Å². The average Bonchev–Trinajstić information content (AvgIpc) is 2.56. The highest BCUT2D eigenvalue weighted by Gasteiger charge is 2.53. The normalized spacial score (nSPS) is 27.2. The summed E-state index contributed by atoms with van der Waals surface area (Å²) in [6.45, 7) is 9.95. The van der Waals surface area contributed by atoms with Crippen LogP contribution in [-0.2, 0) is 10.9 Å². The third kappa shape index (κ3) is 3.99. The molecule has 0 N–H and O–H groups in total. The number of ether oxygens (including phenoxy) is 1. The molecule has 2 atom stereocenters. The minimum Gasteiger partial charge on any atom is -0.381 e. The quantitative estimate of drug-likeness (QED) is 0.715. The average molecular weight is 401 g/mol. The number of hydrogen-bond donors (Lipinski definition) is 0. The fraction of sp³-hybridized carbons (Fsp3) is 0.737. The minimum absolute atomic E-state index is 0.365. The van der Waals surface area contributed by atoms with E-state index in [4.69, 9.17) is 4.74 Å². The first kappa shape index (κ1) is 19.5. The predicted molar refractivity (Wildman–Crippen MR) is 98.4 cm³/mol. The molecule has 0 bridgehead atoms. The molecule has 1 aromatic rings. The van der Waals surface area contributed by atoms with Crippen LogP contribution in [0.25, 0.3) is 0 Å². The first-order valence-electron chi connectivity index (χ1n) is 9.55. The van der Waals surface area contributed by atoms with Crippen LogP contribution in [0.3, 0.4) is 0 Å². The van der Waals surface area contributed by atoms with Gasteiger partial charge < -0.3 is 4.74 Å². The topological polar surface area (TPSA) is 28.6 Å². The maximum Gasteiger partial charge on any atom is 0.433 e. The Hall–Kier alpha value is -0.830. The minimum atomic E-state index is -4.38. The van der Waals surface area contributed by atoms with Crippen molar-refractivity contribution >= 4 is 11.9 Å². The number of nitrogens with zero attached hydrogens (tertiary/aromatic N) is 3. The Kier molecular flexibility index (Phi) is 5.20. The second-order valence-electron chi connectivity index (χ2n) is 8.29. The maximum absolute atomic E-state index is 12.7. The number of rotatable bonds is 4. The summed E-state index contributed by atoms with van der Waals surface area (Å²) in [6.07, 6.45) is -1.96. The standard InChI is InChI=1S/C19H26F3N3OS/c1-13-16(5-6-17(23-13)19(20,21)22)27-25-11-18(12-25)9-24(10-18)14(2)15-4-3-7-26-8-15/h5-6,14-15H,3-4,7-12H2,1-2H3. The number of hydrogen-bond acceptors (Lipinski definition) is 5. The van der Waals surface area contributed by atoms with E-state index >= 15 is 0 Å². The molecule has 0 aromatic carbocycles. The van der Waals surface area contributed by atoms with E-state index in [9.17, 15) is 13.2 Å². The van der Waals surface area contributed by atoms with Gasteiger partial charge in [-0.3, -0.25) is 4.90 Å². The Morgan fingerprint density at radius 3 is 2.59 bits per heavy atom. The third-order valence-electron chi connectivity index (χ3n) is 6.11. The van der Waals surface area contributed by atoms with Gasteiger partial charge in [0.15, 0.2) is 0 Å². The molecule has 3 aliphatic heterocycles. The Morgan fingerprint density at radius 1 is 1.26 bits per heavy atom. The molecule has 0 saturated carbocycles. The van der Waals surface area contributed by atoms with E-state index in [1.807, 2.05) is 0 Å². The van der Waals surface area contributed by atoms with Gasteiger partial charge in [0.1, 0.15) is 5.69 Å². The van der Waals surface area contributed by atoms with Gasteiger partial charge in [-0.05, 0) is 56.7 Å². The number of likely N-dealkylation sites (tertiary alicyclic amines) is 1. The van der Waals surface area contributed by atoms with Gasteiger partial charge in [0.05, 0.1) is 12.3 Å². The number of halogens is 3. The van der Waals surface area contributed by atoms with Crippen molar-refractivity contribution in [2.24, 2.45) is 11.3 Å². The number of pyridine rings is 1. The SMILES string of the molecule is Cc1nc(C(F)(F)F)ccc1SN1CC2(C1)CN(C(C)C1CCCOC1)C2. The highest BCUT2D eigenvalue weighted by molar-refractivity contribution is 7.97. The van der Waals surface area contributed by atoms with Crippen LogP contribution in [0, 0.1) is 18.3 Å². The van der Waals surface area contributed by atoms with Crippen molar-refractivity contribution in [1.29, 1.82) is 0 Å². The highest BCUT2D eigenvalue weighted by atomic mass is 32.2. The van der Waals surface area contributed by atoms with E-state index in [0.29, 0.717) is 23.1 Å². The first-order chi connectivity index (χ1) is 12.8. The van der Waals surface area contributed by atoms with Crippen LogP contribution in [0.15, 0.2) is 17.0 Å². The molecule has 8 heteroatoms. The van der Waals surface area contributed by atoms with E-state index in [-0.39, 0.29) is 0 Å². The molecule has 0 radical (unpaired) electrons. The molecule has 4 nitrogen and oxygen atoms in total. The molecule has 27 heavy (non-hydrogen) atoms. The third-order valence-corrected chi connectivity index (χ3v) is 7.25. The summed E-state index contributed by atoms with van der Waals surface area (Å²) in [6, 6.07) is 3.18. The monoisotopic (exact) mass is 401 g/mol. The second-order valence-corrected chi connectivity index (χ2v) is 9.43. The molecule has 3 saturated heterocycles. The van der Waals surface area contributed by atoms with Crippen LogP contribution in [0.2, 0.25) is 0 Å². The van der Waals surface area contributed by atoms with Crippen LogP contribution in [0.5, 0.6) is 0 Å². The highest BCUT2D eigenvalue weighted by Crippen LogP contribution is 2.46. The smallest absolute Gasteiger partial charge is 0.381 e. The molecule has 3 fully saturated rings. The van der Waals surface area contributed by atoms with E-state index in [0.717, 1.165) is 50.4 Å². The molecule has 3 aliphatic rings. The maximum atomic E-state index is 12.7. The lowest BCUT2D eigenvalue weighted by Gasteiger charge is -2.62. The van der Waals surface area contributed by atoms with E-state index in [1.165, 1.54) is 24.8 Å². The largest absolute Gasteiger partial charge is 0.433 e. The summed E-state index contributed by atoms with van der Waals surface area (Å²) in [7, 11) is 0. The van der Waals surface area contributed by atoms with Gasteiger partial charge in [-0.1, -0.05) is 0 Å². The number of aryl methyl sites for hydroxylation is 1. The Balaban J connectivity index is 1.26. The summed E-state index contributed by atoms with van der Waals surface area (Å²) in [4.78, 5) is 7.09. The summed E-state index contributed by atoms with van der Waals surface area (Å²) in [5, 5.41) is 0. The molecule has 0 aliphatic carbocycles. The van der Waals surface area contributed by atoms with Crippen molar-refractivity contribution < 1.29 is 17.9 Å². The molecule has 1 aromatic heterocycles. The Labute approximate surface area is 162 Å². The molecule has 1 spiro atoms. The van der Waals surface area contributed by atoms with Crippen molar-refractivity contribution in [1.82, 2.24) is 14.2 Å². The van der Waals surface area contributed by atoms with Crippen molar-refractivity contribution in [3.63, 3.8) is 0 Å². The van der Waals surface area contributed by atoms with Crippen molar-refractivity contribution in [3.8, 4) is 0 Å². The Morgan fingerprint density at radius 2 is 2.00 bits per heavy atom. The van der Waals surface area contributed by atoms with Gasteiger partial charge in [0.2, 0.25) is 0 Å². The van der Waals surface area contributed by atoms with E-state index < -0.39 is 11.9 Å². The first-order valence-corrected chi connectivity index (χ1v) is 10.3. The lowest BCUT2D eigenvalue weighted by Crippen LogP contribution is -2.72. The Bertz CT molecular complexity index is 679. The van der Waals surface area contributed by atoms with Crippen molar-refractivity contribution in [3.05, 3.63) is 23.5 Å². The van der Waals surface area contributed by atoms with Gasteiger partial charge in [0.25, 0.3) is 0 Å². The van der Waals surface area contributed by atoms with Crippen LogP contribution < -0.4 is 0 Å². The van der Waals surface area contributed by atoms with Crippen LogP contribution in [-0.4, -0.2) is 59.6 Å². The van der Waals surface area contributed by atoms with Gasteiger partial charge >= 0.3 is 6.18 Å². The fourth-order valence-corrected chi connectivity index (χ4v) is 5.72. The van der Waals surface area contributed by atoms with Gasteiger partial charge in [-0.15, -0.1) is 0 Å². The van der Waals surface area contributed by atoms with E-state index in [1.54, 1.807) is 13.0 Å². The van der Waals surface area contributed by atoms with Gasteiger partial charge in [0, 0.05) is 49.1 Å². The molecular weight excluding hydrogens is 375 g/mol. The van der Waals surface area contributed by atoms with Crippen molar-refractivity contribution in [2.45, 2.75) is 43.8 Å². The second kappa shape index (κ2) is 7.21. The molecule has 0 amide bonds. The number of aromatic nitrogens is 1. The lowest BCUT2D eigenvalue weighted by molar-refractivity contribution is -0.141. The zero-order valence-electron chi connectivity index (χ0n) is 15.8. The zero-order chi connectivity index (χ0) is 19.2. The summed E-state index contributed by atoms with van der Waals surface area (Å²) in [5.41, 5.74) is -0.0130. The van der Waals surface area contributed by atoms with Crippen LogP contribution in [0.1, 0.15) is 31.2 Å². The summed E-state index contributed by atoms with van der Waals surface area (Å²) in [5.74, 6) is 0.641. The predicted octanol–water partition coefficient (Wildman–Crippen LogP) is 3.85. The lowest BCUT2D eigenvalue weighted by atomic mass is 9.72. The molecular formula is C19H26F3N3OS. The fourth-order valence-electron chi connectivity index (χ4n) is 4.46. The summed E-state index contributed by atoms with van der Waals surface area (Å²) >= 11 is 1.53. The van der Waals surface area contributed by atoms with Crippen LogP contribution >= 0.6 is 11.9 Å². The molecule has 2 unspecified atom stereocenters. The number of alkyl halides is 3. The molecule has 4 heterocycles. The zero-order valence-corrected chi connectivity index (χ0v) is 16.6. The van der Waals surface area contributed by atoms with E-state index in [2.05, 4.69) is 21.1 Å². The summed E-state index contributed by atoms with van der Waals surface area (Å²) < 4.78 is 46.1. The van der Waals surface area contributed by atoms with Crippen LogP contribution in [0.4, 0.5) is 13.2 Å².